The summed E-state index contributed by atoms with van der Waals surface area (Å²) in [5.74, 6) is 0.185. The molecular weight excluding hydrogens is 456 g/mol. The first-order chi connectivity index (χ1) is 16.2. The predicted octanol–water partition coefficient (Wildman–Crippen LogP) is 1.97. The normalized spacial score (nSPS) is 22.8. The molecule has 2 aromatic heterocycles. The van der Waals surface area contributed by atoms with E-state index < -0.39 is 16.1 Å². The number of pyridine rings is 1. The summed E-state index contributed by atoms with van der Waals surface area (Å²) >= 11 is 0. The van der Waals surface area contributed by atoms with Crippen molar-refractivity contribution in [2.45, 2.75) is 75.3 Å². The summed E-state index contributed by atoms with van der Waals surface area (Å²) in [6.07, 6.45) is 6.89. The number of sulfonamides is 1. The van der Waals surface area contributed by atoms with Gasteiger partial charge in [0.05, 0.1) is 30.2 Å². The van der Waals surface area contributed by atoms with Crippen LogP contribution in [0.5, 0.6) is 5.88 Å². The van der Waals surface area contributed by atoms with E-state index in [1.807, 2.05) is 0 Å². The average Bonchev–Trinajstić information content (AvgIpc) is 3.44. The maximum Gasteiger partial charge on any atom is 0.333 e. The molecule has 2 aromatic rings. The van der Waals surface area contributed by atoms with Crippen LogP contribution in [0.2, 0.25) is 0 Å². The second-order valence-electron chi connectivity index (χ2n) is 10.4. The number of aryl methyl sites for hydroxylation is 1. The molecule has 182 valence electrons. The number of urea groups is 1. The fourth-order valence-corrected chi connectivity index (χ4v) is 6.61. The molecule has 0 aromatic carbocycles. The van der Waals surface area contributed by atoms with Gasteiger partial charge in [0.1, 0.15) is 6.61 Å². The summed E-state index contributed by atoms with van der Waals surface area (Å²) in [7, 11) is -4.16. The van der Waals surface area contributed by atoms with E-state index >= 15 is 0 Å². The van der Waals surface area contributed by atoms with Gasteiger partial charge in [-0.15, -0.1) is 0 Å². The topological polar surface area (TPSA) is 118 Å². The second kappa shape index (κ2) is 7.67. The Morgan fingerprint density at radius 3 is 2.76 bits per heavy atom. The van der Waals surface area contributed by atoms with Crippen LogP contribution in [0.1, 0.15) is 55.6 Å². The Morgan fingerprint density at radius 1 is 1.18 bits per heavy atom. The SMILES string of the molecule is CC1(C)CCc2c1nc1c(c2NC(=O)NS(=O)(=O)c2cnn3c2OCC(N2CCC2)C3)CCC1. The maximum atomic E-state index is 13.1. The van der Waals surface area contributed by atoms with Crippen molar-refractivity contribution < 1.29 is 17.9 Å². The number of likely N-dealkylation sites (tertiary alicyclic amines) is 1. The van der Waals surface area contributed by atoms with E-state index in [-0.39, 0.29) is 22.2 Å². The largest absolute Gasteiger partial charge is 0.475 e. The number of nitrogens with zero attached hydrogens (tertiary/aromatic N) is 4. The number of hydrogen-bond donors (Lipinski definition) is 2. The molecule has 4 aliphatic rings. The lowest BCUT2D eigenvalue weighted by atomic mass is 9.90. The van der Waals surface area contributed by atoms with Gasteiger partial charge in [-0.05, 0) is 62.7 Å². The molecular formula is C23H30N6O4S. The zero-order valence-corrected chi connectivity index (χ0v) is 20.4. The number of fused-ring (bicyclic) bond motifs is 3. The molecule has 2 N–H and O–H groups in total. The molecule has 1 fully saturated rings. The average molecular weight is 487 g/mol. The van der Waals surface area contributed by atoms with Crippen LogP contribution in [0.3, 0.4) is 0 Å². The maximum absolute atomic E-state index is 13.1. The fraction of sp³-hybridized carbons (Fsp3) is 0.609. The van der Waals surface area contributed by atoms with Gasteiger partial charge in [-0.1, -0.05) is 13.8 Å². The Kier molecular flexibility index (Phi) is 4.93. The minimum atomic E-state index is -4.16. The van der Waals surface area contributed by atoms with E-state index in [1.54, 1.807) is 4.68 Å². The third-order valence-corrected chi connectivity index (χ3v) is 9.00. The molecule has 2 aliphatic carbocycles. The summed E-state index contributed by atoms with van der Waals surface area (Å²) in [5.41, 5.74) is 4.77. The highest BCUT2D eigenvalue weighted by atomic mass is 32.2. The molecule has 6 rings (SSSR count). The summed E-state index contributed by atoms with van der Waals surface area (Å²) in [6.45, 7) is 7.36. The van der Waals surface area contributed by atoms with Gasteiger partial charge < -0.3 is 10.1 Å². The first-order valence-corrected chi connectivity index (χ1v) is 13.5. The highest BCUT2D eigenvalue weighted by Crippen LogP contribution is 2.44. The van der Waals surface area contributed by atoms with Crippen LogP contribution in [0.4, 0.5) is 10.5 Å². The van der Waals surface area contributed by atoms with Gasteiger partial charge in [0.2, 0.25) is 5.88 Å². The number of hydrogen-bond acceptors (Lipinski definition) is 7. The zero-order chi connectivity index (χ0) is 23.7. The summed E-state index contributed by atoms with van der Waals surface area (Å²) < 4.78 is 35.7. The quantitative estimate of drug-likeness (QED) is 0.678. The van der Waals surface area contributed by atoms with Crippen molar-refractivity contribution in [1.29, 1.82) is 0 Å². The van der Waals surface area contributed by atoms with Gasteiger partial charge in [0.25, 0.3) is 10.0 Å². The van der Waals surface area contributed by atoms with E-state index in [1.165, 1.54) is 12.6 Å². The Bertz CT molecular complexity index is 1280. The van der Waals surface area contributed by atoms with Gasteiger partial charge in [-0.2, -0.15) is 5.10 Å². The molecule has 10 nitrogen and oxygen atoms in total. The fourth-order valence-electron chi connectivity index (χ4n) is 5.62. The van der Waals surface area contributed by atoms with Crippen LogP contribution in [-0.2, 0) is 41.2 Å². The lowest BCUT2D eigenvalue weighted by Gasteiger charge is -2.40. The number of ether oxygens (including phenoxy) is 1. The molecule has 2 aliphatic heterocycles. The number of carbonyl (C=O) groups is 1. The number of carbonyl (C=O) groups excluding carboxylic acids is 1. The molecule has 0 bridgehead atoms. The third kappa shape index (κ3) is 3.48. The first kappa shape index (κ1) is 21.8. The smallest absolute Gasteiger partial charge is 0.333 e. The highest BCUT2D eigenvalue weighted by Gasteiger charge is 2.38. The van der Waals surface area contributed by atoms with Crippen molar-refractivity contribution in [2.75, 3.05) is 25.0 Å². The lowest BCUT2D eigenvalue weighted by Crippen LogP contribution is -2.51. The van der Waals surface area contributed by atoms with Crippen LogP contribution >= 0.6 is 0 Å². The molecule has 1 unspecified atom stereocenters. The van der Waals surface area contributed by atoms with E-state index in [4.69, 9.17) is 9.72 Å². The number of nitrogens with one attached hydrogen (secondary N) is 2. The number of aromatic nitrogens is 3. The van der Waals surface area contributed by atoms with Crippen molar-refractivity contribution in [3.05, 3.63) is 28.7 Å². The van der Waals surface area contributed by atoms with E-state index in [0.717, 1.165) is 73.4 Å². The molecule has 4 heterocycles. The molecule has 0 radical (unpaired) electrons. The van der Waals surface area contributed by atoms with Crippen molar-refractivity contribution in [3.8, 4) is 5.88 Å². The minimum Gasteiger partial charge on any atom is -0.475 e. The predicted molar refractivity (Wildman–Crippen MR) is 125 cm³/mol. The number of amides is 2. The lowest BCUT2D eigenvalue weighted by molar-refractivity contribution is 0.0417. The number of rotatable bonds is 4. The standard InChI is InChI=1S/C23H30N6O4S/c1-23(2)8-7-16-19(15-5-3-6-17(15)25-20(16)23)26-22(30)27-34(31,32)18-11-24-29-12-14(13-33-21(18)29)28-9-4-10-28/h11,14H,3-10,12-13H2,1-2H3,(H2,25,26,27,30). The summed E-state index contributed by atoms with van der Waals surface area (Å²) in [4.78, 5) is 20.1. The van der Waals surface area contributed by atoms with Crippen molar-refractivity contribution in [3.63, 3.8) is 0 Å². The number of anilines is 1. The third-order valence-electron chi connectivity index (χ3n) is 7.68. The van der Waals surface area contributed by atoms with Crippen LogP contribution < -0.4 is 14.8 Å². The van der Waals surface area contributed by atoms with Crippen LogP contribution in [0.15, 0.2) is 11.1 Å². The highest BCUT2D eigenvalue weighted by molar-refractivity contribution is 7.90. The van der Waals surface area contributed by atoms with Gasteiger partial charge in [-0.25, -0.2) is 22.6 Å². The van der Waals surface area contributed by atoms with Crippen molar-refractivity contribution >= 4 is 21.7 Å². The van der Waals surface area contributed by atoms with Crippen molar-refractivity contribution in [2.24, 2.45) is 0 Å². The Balaban J connectivity index is 1.23. The summed E-state index contributed by atoms with van der Waals surface area (Å²) in [5, 5.41) is 7.09. The zero-order valence-electron chi connectivity index (χ0n) is 19.6. The van der Waals surface area contributed by atoms with E-state index in [0.29, 0.717) is 13.2 Å². The Labute approximate surface area is 199 Å². The van der Waals surface area contributed by atoms with Gasteiger partial charge in [-0.3, -0.25) is 9.88 Å². The Hall–Kier alpha value is -2.66. The molecule has 1 saturated heterocycles. The second-order valence-corrected chi connectivity index (χ2v) is 12.0. The van der Waals surface area contributed by atoms with Gasteiger partial charge in [0, 0.05) is 11.1 Å². The molecule has 0 spiro atoms. The van der Waals surface area contributed by atoms with Crippen molar-refractivity contribution in [1.82, 2.24) is 24.4 Å². The van der Waals surface area contributed by atoms with E-state index in [9.17, 15) is 13.2 Å². The molecule has 0 saturated carbocycles. The molecule has 1 atom stereocenters. The molecule has 2 amide bonds. The van der Waals surface area contributed by atoms with Crippen LogP contribution in [0, 0.1) is 0 Å². The minimum absolute atomic E-state index is 0.0611. The molecule has 11 heteroatoms. The first-order valence-electron chi connectivity index (χ1n) is 12.0. The van der Waals surface area contributed by atoms with E-state index in [2.05, 4.69) is 33.9 Å². The Morgan fingerprint density at radius 2 is 2.00 bits per heavy atom. The summed E-state index contributed by atoms with van der Waals surface area (Å²) in [6, 6.07) is -0.588. The van der Waals surface area contributed by atoms with Gasteiger partial charge >= 0.3 is 6.03 Å². The monoisotopic (exact) mass is 486 g/mol. The molecule has 34 heavy (non-hydrogen) atoms. The van der Waals surface area contributed by atoms with Crippen LogP contribution in [-0.4, -0.2) is 59.9 Å². The van der Waals surface area contributed by atoms with Gasteiger partial charge in [0.15, 0.2) is 4.90 Å². The van der Waals surface area contributed by atoms with Crippen LogP contribution in [0.25, 0.3) is 0 Å².